The zero-order chi connectivity index (χ0) is 15.7. The summed E-state index contributed by atoms with van der Waals surface area (Å²) in [6.07, 6.45) is 4.05. The normalized spacial score (nSPS) is 10.7. The van der Waals surface area contributed by atoms with Crippen molar-refractivity contribution in [1.82, 2.24) is 0 Å². The summed E-state index contributed by atoms with van der Waals surface area (Å²) in [5, 5.41) is 1.61. The lowest BCUT2D eigenvalue weighted by molar-refractivity contribution is 1.32. The summed E-state index contributed by atoms with van der Waals surface area (Å²) < 4.78 is 0. The highest BCUT2D eigenvalue weighted by Crippen LogP contribution is 2.56. The number of hydrogen-bond acceptors (Lipinski definition) is 0. The molecule has 0 saturated heterocycles. The van der Waals surface area contributed by atoms with Gasteiger partial charge in [-0.15, -0.1) is 0 Å². The smallest absolute Gasteiger partial charge is 0.0620 e. The Morgan fingerprint density at radius 3 is 1.33 bits per heavy atom. The molecule has 2 aromatic rings. The summed E-state index contributed by atoms with van der Waals surface area (Å²) in [7, 11) is -0.791. The van der Waals surface area contributed by atoms with Crippen molar-refractivity contribution in [3.63, 3.8) is 0 Å². The maximum Gasteiger partial charge on any atom is 0.0939 e. The van der Waals surface area contributed by atoms with E-state index in [4.69, 9.17) is 0 Å². The topological polar surface area (TPSA) is 0 Å². The van der Waals surface area contributed by atoms with Gasteiger partial charge in [-0.1, -0.05) is 42.5 Å². The fourth-order valence-corrected chi connectivity index (χ4v) is 5.87. The molecule has 0 aliphatic rings. The zero-order valence-electron chi connectivity index (χ0n) is 14.3. The zero-order valence-corrected chi connectivity index (χ0v) is 15.2. The Balaban J connectivity index is 0.000000235. The van der Waals surface area contributed by atoms with Crippen LogP contribution in [0.2, 0.25) is 0 Å². The van der Waals surface area contributed by atoms with Crippen LogP contribution in [0.15, 0.2) is 54.6 Å². The minimum Gasteiger partial charge on any atom is -0.0620 e. The molecule has 0 aliphatic heterocycles. The van der Waals surface area contributed by atoms with Crippen LogP contribution < -0.4 is 5.30 Å². The molecular weight excluding hydrogens is 271 g/mol. The maximum atomic E-state index is 2.34. The fourth-order valence-electron chi connectivity index (χ4n) is 2.63. The van der Waals surface area contributed by atoms with Crippen molar-refractivity contribution in [3.8, 4) is 0 Å². The second-order valence-corrected chi connectivity index (χ2v) is 10.2. The Kier molecular flexibility index (Phi) is 7.68. The van der Waals surface area contributed by atoms with Crippen molar-refractivity contribution in [1.29, 1.82) is 0 Å². The number of benzene rings is 2. The maximum absolute atomic E-state index is 2.34. The minimum atomic E-state index is -0.791. The van der Waals surface area contributed by atoms with Gasteiger partial charge in [0.15, 0.2) is 0 Å². The van der Waals surface area contributed by atoms with Crippen LogP contribution in [0.5, 0.6) is 0 Å². The van der Waals surface area contributed by atoms with Crippen LogP contribution in [-0.4, -0.2) is 18.5 Å². The minimum absolute atomic E-state index is 0.791. The lowest BCUT2D eigenvalue weighted by atomic mass is 10.1. The second-order valence-electron chi connectivity index (χ2n) is 5.51. The van der Waals surface area contributed by atoms with Crippen LogP contribution in [0, 0.1) is 13.8 Å². The quantitative estimate of drug-likeness (QED) is 0.636. The first kappa shape index (κ1) is 17.9. The lowest BCUT2D eigenvalue weighted by Gasteiger charge is -2.23. The monoisotopic (exact) mass is 301 g/mol. The molecule has 0 saturated carbocycles. The molecule has 2 aromatic carbocycles. The van der Waals surface area contributed by atoms with E-state index < -0.39 is 7.26 Å². The third-order valence-electron chi connectivity index (χ3n) is 4.55. The van der Waals surface area contributed by atoms with Gasteiger partial charge in [0.1, 0.15) is 0 Å². The largest absolute Gasteiger partial charge is 0.0939 e. The van der Waals surface area contributed by atoms with E-state index in [2.05, 4.69) is 89.2 Å². The van der Waals surface area contributed by atoms with Gasteiger partial charge in [-0.05, 0) is 57.9 Å². The van der Waals surface area contributed by atoms with E-state index in [1.54, 1.807) is 5.30 Å². The molecule has 0 aliphatic carbocycles. The summed E-state index contributed by atoms with van der Waals surface area (Å²) in [4.78, 5) is 0. The van der Waals surface area contributed by atoms with Crippen molar-refractivity contribution in [2.45, 2.75) is 34.6 Å². The molecule has 1 heteroatoms. The van der Waals surface area contributed by atoms with E-state index in [-0.39, 0.29) is 0 Å². The average Bonchev–Trinajstić information content (AvgIpc) is 2.54. The van der Waals surface area contributed by atoms with Gasteiger partial charge in [-0.2, -0.15) is 0 Å². The highest BCUT2D eigenvalue weighted by molar-refractivity contribution is 7.82. The van der Waals surface area contributed by atoms with Gasteiger partial charge in [-0.3, -0.25) is 0 Å². The first-order valence-corrected chi connectivity index (χ1v) is 10.4. The van der Waals surface area contributed by atoms with Crippen LogP contribution in [0.25, 0.3) is 0 Å². The predicted molar refractivity (Wildman–Crippen MR) is 101 cm³/mol. The van der Waals surface area contributed by atoms with Crippen LogP contribution >= 0.6 is 7.26 Å². The molecule has 114 valence electrons. The molecule has 0 radical (unpaired) electrons. The van der Waals surface area contributed by atoms with Gasteiger partial charge < -0.3 is 0 Å². The average molecular weight is 301 g/mol. The highest BCUT2D eigenvalue weighted by atomic mass is 31.2. The van der Waals surface area contributed by atoms with E-state index in [1.807, 2.05) is 0 Å². The van der Waals surface area contributed by atoms with Crippen molar-refractivity contribution < 1.29 is 0 Å². The van der Waals surface area contributed by atoms with Gasteiger partial charge in [0, 0.05) is 7.26 Å². The molecule has 0 amide bonds. The highest BCUT2D eigenvalue weighted by Gasteiger charge is 2.33. The third kappa shape index (κ3) is 4.97. The van der Waals surface area contributed by atoms with Crippen LogP contribution in [-0.2, 0) is 0 Å². The number of rotatable bonds is 4. The van der Waals surface area contributed by atoms with Gasteiger partial charge in [0.05, 0.1) is 23.8 Å². The van der Waals surface area contributed by atoms with E-state index >= 15 is 0 Å². The van der Waals surface area contributed by atoms with E-state index in [9.17, 15) is 0 Å². The Morgan fingerprint density at radius 2 is 1.00 bits per heavy atom. The van der Waals surface area contributed by atoms with Crippen LogP contribution in [0.3, 0.4) is 0 Å². The summed E-state index contributed by atoms with van der Waals surface area (Å²) >= 11 is 0. The molecule has 0 nitrogen and oxygen atoms in total. The SMILES string of the molecule is CC[P+](CC)(CC)c1ccccc1.Cc1ccccc1C. The lowest BCUT2D eigenvalue weighted by Crippen LogP contribution is -2.17. The Bertz CT molecular complexity index is 483. The molecule has 2 rings (SSSR count). The Labute approximate surface area is 131 Å². The fraction of sp³-hybridized carbons (Fsp3) is 0.400. The Morgan fingerprint density at radius 1 is 0.619 bits per heavy atom. The van der Waals surface area contributed by atoms with Crippen molar-refractivity contribution >= 4 is 12.6 Å². The van der Waals surface area contributed by atoms with E-state index in [0.717, 1.165) is 0 Å². The number of hydrogen-bond donors (Lipinski definition) is 0. The van der Waals surface area contributed by atoms with Crippen LogP contribution in [0.1, 0.15) is 31.9 Å². The molecule has 0 atom stereocenters. The van der Waals surface area contributed by atoms with Gasteiger partial charge in [0.25, 0.3) is 0 Å². The van der Waals surface area contributed by atoms with Crippen LogP contribution in [0.4, 0.5) is 0 Å². The van der Waals surface area contributed by atoms with Gasteiger partial charge in [0.2, 0.25) is 0 Å². The van der Waals surface area contributed by atoms with Gasteiger partial charge in [-0.25, -0.2) is 0 Å². The van der Waals surface area contributed by atoms with E-state index in [1.165, 1.54) is 29.6 Å². The predicted octanol–water partition coefficient (Wildman–Crippen LogP) is 5.69. The molecule has 0 fully saturated rings. The summed E-state index contributed by atoms with van der Waals surface area (Å²) in [5.74, 6) is 0. The molecule has 0 heterocycles. The number of aryl methyl sites for hydroxylation is 2. The Hall–Kier alpha value is -1.13. The van der Waals surface area contributed by atoms with Crippen molar-refractivity contribution in [2.75, 3.05) is 18.5 Å². The molecule has 0 spiro atoms. The standard InChI is InChI=1S/C12H20P.C8H10/c1-4-13(5-2,6-3)12-10-8-7-9-11-12;1-7-5-3-4-6-8(7)2/h7-11H,4-6H2,1-3H3;3-6H,1-2H3/q+1;. The molecule has 0 bridgehead atoms. The van der Waals surface area contributed by atoms with Crippen molar-refractivity contribution in [2.24, 2.45) is 0 Å². The molecule has 21 heavy (non-hydrogen) atoms. The molecular formula is C20H30P+. The third-order valence-corrected chi connectivity index (χ3v) is 9.57. The summed E-state index contributed by atoms with van der Waals surface area (Å²) in [5.41, 5.74) is 2.74. The van der Waals surface area contributed by atoms with E-state index in [0.29, 0.717) is 0 Å². The second kappa shape index (κ2) is 9.00. The summed E-state index contributed by atoms with van der Waals surface area (Å²) in [6, 6.07) is 19.4. The van der Waals surface area contributed by atoms with Gasteiger partial charge >= 0.3 is 0 Å². The molecule has 0 aromatic heterocycles. The first-order chi connectivity index (χ1) is 10.1. The molecule has 0 N–H and O–H groups in total. The first-order valence-electron chi connectivity index (χ1n) is 8.03. The molecule has 0 unspecified atom stereocenters. The summed E-state index contributed by atoms with van der Waals surface area (Å²) in [6.45, 7) is 11.3. The van der Waals surface area contributed by atoms with Crippen molar-refractivity contribution in [3.05, 3.63) is 65.7 Å².